The molecule has 2 rings (SSSR count). The molecular formula is C8H14N2. The van der Waals surface area contributed by atoms with Crippen molar-refractivity contribution in [3.63, 3.8) is 0 Å². The molecule has 2 aliphatic rings. The number of nitrogens with two attached hydrogens (primary N) is 1. The summed E-state index contributed by atoms with van der Waals surface area (Å²) in [7, 11) is 0. The number of nitrogens with one attached hydrogen (secondary N) is 1. The van der Waals surface area contributed by atoms with Gasteiger partial charge < -0.3 is 11.1 Å². The van der Waals surface area contributed by atoms with E-state index < -0.39 is 0 Å². The van der Waals surface area contributed by atoms with Gasteiger partial charge in [0, 0.05) is 12.6 Å². The third-order valence-corrected chi connectivity index (χ3v) is 2.68. The summed E-state index contributed by atoms with van der Waals surface area (Å²) in [5, 5.41) is 3.37. The molecule has 3 atom stereocenters. The predicted molar refractivity (Wildman–Crippen MR) is 41.6 cm³/mol. The highest BCUT2D eigenvalue weighted by Gasteiger charge is 2.31. The zero-order valence-electron chi connectivity index (χ0n) is 6.09. The lowest BCUT2D eigenvalue weighted by Crippen LogP contribution is -2.35. The third kappa shape index (κ3) is 0.879. The number of rotatable bonds is 0. The molecule has 3 N–H and O–H groups in total. The minimum Gasteiger partial charge on any atom is -0.324 e. The van der Waals surface area contributed by atoms with Gasteiger partial charge in [0.1, 0.15) is 0 Å². The highest BCUT2D eigenvalue weighted by molar-refractivity contribution is 5.06. The molecule has 0 spiro atoms. The summed E-state index contributed by atoms with van der Waals surface area (Å²) in [6.45, 7) is 2.29. The van der Waals surface area contributed by atoms with E-state index in [0.717, 1.165) is 12.5 Å². The second kappa shape index (κ2) is 2.36. The number of hydrogen-bond donors (Lipinski definition) is 2. The molecule has 1 saturated heterocycles. The van der Waals surface area contributed by atoms with Gasteiger partial charge in [0.2, 0.25) is 0 Å². The SMILES string of the molecule is NC1C=CCC2CNCC12. The van der Waals surface area contributed by atoms with Crippen molar-refractivity contribution in [3.05, 3.63) is 12.2 Å². The molecule has 10 heavy (non-hydrogen) atoms. The molecule has 0 aromatic carbocycles. The highest BCUT2D eigenvalue weighted by Crippen LogP contribution is 2.27. The zero-order valence-corrected chi connectivity index (χ0v) is 6.09. The summed E-state index contributed by atoms with van der Waals surface area (Å²) in [5.74, 6) is 1.53. The first-order chi connectivity index (χ1) is 4.88. The normalized spacial score (nSPS) is 45.5. The van der Waals surface area contributed by atoms with Crippen molar-refractivity contribution in [2.45, 2.75) is 12.5 Å². The standard InChI is InChI=1S/C8H14N2/c9-8-3-1-2-6-4-10-5-7(6)8/h1,3,6-8,10H,2,4-5,9H2. The molecule has 1 aliphatic heterocycles. The van der Waals surface area contributed by atoms with Crippen molar-refractivity contribution in [2.75, 3.05) is 13.1 Å². The van der Waals surface area contributed by atoms with Crippen LogP contribution in [0.1, 0.15) is 6.42 Å². The molecule has 2 nitrogen and oxygen atoms in total. The van der Waals surface area contributed by atoms with Crippen LogP contribution in [0.4, 0.5) is 0 Å². The lowest BCUT2D eigenvalue weighted by Gasteiger charge is -2.25. The van der Waals surface area contributed by atoms with Crippen LogP contribution in [0.15, 0.2) is 12.2 Å². The van der Waals surface area contributed by atoms with Crippen LogP contribution in [0.5, 0.6) is 0 Å². The molecule has 1 heterocycles. The first-order valence-electron chi connectivity index (χ1n) is 4.01. The van der Waals surface area contributed by atoms with E-state index in [0.29, 0.717) is 12.0 Å². The van der Waals surface area contributed by atoms with Crippen LogP contribution in [0.3, 0.4) is 0 Å². The van der Waals surface area contributed by atoms with E-state index in [1.165, 1.54) is 13.0 Å². The van der Waals surface area contributed by atoms with Crippen LogP contribution in [0, 0.1) is 11.8 Å². The summed E-state index contributed by atoms with van der Waals surface area (Å²) in [4.78, 5) is 0. The molecule has 1 fully saturated rings. The molecule has 1 aliphatic carbocycles. The van der Waals surface area contributed by atoms with Crippen LogP contribution in [-0.4, -0.2) is 19.1 Å². The number of allylic oxidation sites excluding steroid dienone is 1. The smallest absolute Gasteiger partial charge is 0.0267 e. The molecule has 0 radical (unpaired) electrons. The van der Waals surface area contributed by atoms with Crippen molar-refractivity contribution in [2.24, 2.45) is 17.6 Å². The van der Waals surface area contributed by atoms with Crippen LogP contribution < -0.4 is 11.1 Å². The van der Waals surface area contributed by atoms with Crippen molar-refractivity contribution < 1.29 is 0 Å². The molecule has 3 unspecified atom stereocenters. The van der Waals surface area contributed by atoms with E-state index in [2.05, 4.69) is 17.5 Å². The van der Waals surface area contributed by atoms with Gasteiger partial charge >= 0.3 is 0 Å². The summed E-state index contributed by atoms with van der Waals surface area (Å²) < 4.78 is 0. The second-order valence-electron chi connectivity index (χ2n) is 3.32. The van der Waals surface area contributed by atoms with Crippen LogP contribution >= 0.6 is 0 Å². The third-order valence-electron chi connectivity index (χ3n) is 2.68. The van der Waals surface area contributed by atoms with Gasteiger partial charge in [0.25, 0.3) is 0 Å². The maximum Gasteiger partial charge on any atom is 0.0267 e. The fourth-order valence-electron chi connectivity index (χ4n) is 2.02. The van der Waals surface area contributed by atoms with E-state index >= 15 is 0 Å². The van der Waals surface area contributed by atoms with Crippen molar-refractivity contribution in [1.29, 1.82) is 0 Å². The van der Waals surface area contributed by atoms with Crippen molar-refractivity contribution >= 4 is 0 Å². The molecule has 2 heteroatoms. The molecule has 0 amide bonds. The molecule has 0 saturated carbocycles. The van der Waals surface area contributed by atoms with Gasteiger partial charge in [0.05, 0.1) is 0 Å². The highest BCUT2D eigenvalue weighted by atomic mass is 14.9. The summed E-state index contributed by atoms with van der Waals surface area (Å²) >= 11 is 0. The second-order valence-corrected chi connectivity index (χ2v) is 3.32. The Hall–Kier alpha value is -0.340. The average molecular weight is 138 g/mol. The zero-order chi connectivity index (χ0) is 6.97. The van der Waals surface area contributed by atoms with Crippen molar-refractivity contribution in [3.8, 4) is 0 Å². The largest absolute Gasteiger partial charge is 0.324 e. The van der Waals surface area contributed by atoms with Gasteiger partial charge in [-0.25, -0.2) is 0 Å². The molecule has 56 valence electrons. The molecule has 0 aromatic rings. The predicted octanol–water partition coefficient (Wildman–Crippen LogP) is 0.109. The van der Waals surface area contributed by atoms with Crippen LogP contribution in [0.2, 0.25) is 0 Å². The number of hydrogen-bond acceptors (Lipinski definition) is 2. The Morgan fingerprint density at radius 2 is 2.30 bits per heavy atom. The fourth-order valence-corrected chi connectivity index (χ4v) is 2.02. The van der Waals surface area contributed by atoms with E-state index in [-0.39, 0.29) is 0 Å². The van der Waals surface area contributed by atoms with Crippen LogP contribution in [-0.2, 0) is 0 Å². The van der Waals surface area contributed by atoms with Gasteiger partial charge in [-0.2, -0.15) is 0 Å². The minimum atomic E-state index is 0.314. The maximum absolute atomic E-state index is 5.89. The lowest BCUT2D eigenvalue weighted by atomic mass is 9.83. The molecule has 0 bridgehead atoms. The Balaban J connectivity index is 2.13. The first kappa shape index (κ1) is 6.38. The van der Waals surface area contributed by atoms with Gasteiger partial charge in [-0.15, -0.1) is 0 Å². The van der Waals surface area contributed by atoms with Gasteiger partial charge in [0.15, 0.2) is 0 Å². The average Bonchev–Trinajstić information content (AvgIpc) is 2.36. The lowest BCUT2D eigenvalue weighted by molar-refractivity contribution is 0.371. The van der Waals surface area contributed by atoms with E-state index in [4.69, 9.17) is 5.73 Å². The van der Waals surface area contributed by atoms with Gasteiger partial charge in [-0.05, 0) is 24.8 Å². The summed E-state index contributed by atoms with van der Waals surface area (Å²) in [5.41, 5.74) is 5.89. The Labute approximate surface area is 61.5 Å². The first-order valence-corrected chi connectivity index (χ1v) is 4.01. The Bertz CT molecular complexity index is 153. The number of fused-ring (bicyclic) bond motifs is 1. The Kier molecular flexibility index (Phi) is 1.51. The molecular weight excluding hydrogens is 124 g/mol. The van der Waals surface area contributed by atoms with Crippen LogP contribution in [0.25, 0.3) is 0 Å². The topological polar surface area (TPSA) is 38.0 Å². The quantitative estimate of drug-likeness (QED) is 0.466. The summed E-state index contributed by atoms with van der Waals surface area (Å²) in [6, 6.07) is 0.314. The van der Waals surface area contributed by atoms with Crippen molar-refractivity contribution in [1.82, 2.24) is 5.32 Å². The fraction of sp³-hybridized carbons (Fsp3) is 0.750. The molecule has 0 aromatic heterocycles. The Morgan fingerprint density at radius 1 is 1.40 bits per heavy atom. The maximum atomic E-state index is 5.89. The van der Waals surface area contributed by atoms with E-state index in [9.17, 15) is 0 Å². The van der Waals surface area contributed by atoms with Gasteiger partial charge in [-0.3, -0.25) is 0 Å². The Morgan fingerprint density at radius 3 is 3.10 bits per heavy atom. The van der Waals surface area contributed by atoms with E-state index in [1.54, 1.807) is 0 Å². The van der Waals surface area contributed by atoms with E-state index in [1.807, 2.05) is 0 Å². The monoisotopic (exact) mass is 138 g/mol. The minimum absolute atomic E-state index is 0.314. The van der Waals surface area contributed by atoms with Gasteiger partial charge in [-0.1, -0.05) is 12.2 Å². The summed E-state index contributed by atoms with van der Waals surface area (Å²) in [6.07, 6.45) is 5.60.